The van der Waals surface area contributed by atoms with E-state index in [-0.39, 0.29) is 11.5 Å². The van der Waals surface area contributed by atoms with Crippen LogP contribution < -0.4 is 17.0 Å². The molecule has 1 atom stereocenters. The maximum Gasteiger partial charge on any atom is 0.277 e. The molecule has 5 N–H and O–H groups in total. The van der Waals surface area contributed by atoms with Gasteiger partial charge in [-0.25, -0.2) is 10.8 Å². The molecular formula is C14H18N4O2S. The molecule has 0 saturated carbocycles. The number of nitrogens with one attached hydrogen (secondary N) is 1. The Labute approximate surface area is 126 Å². The molecule has 0 spiro atoms. The number of hydrogen-bond acceptors (Lipinski definition) is 6. The van der Waals surface area contributed by atoms with Gasteiger partial charge in [-0.1, -0.05) is 6.92 Å². The summed E-state index contributed by atoms with van der Waals surface area (Å²) >= 11 is 1.27. The van der Waals surface area contributed by atoms with Crippen molar-refractivity contribution in [2.45, 2.75) is 38.9 Å². The van der Waals surface area contributed by atoms with Gasteiger partial charge < -0.3 is 10.5 Å². The van der Waals surface area contributed by atoms with E-state index in [1.165, 1.54) is 11.3 Å². The number of nitrogens with zero attached hydrogens (tertiary/aromatic N) is 1. The summed E-state index contributed by atoms with van der Waals surface area (Å²) in [4.78, 5) is 17.6. The fraction of sp³-hybridized carbons (Fsp3) is 0.429. The van der Waals surface area contributed by atoms with E-state index < -0.39 is 0 Å². The Kier molecular flexibility index (Phi) is 3.35. The molecule has 1 aliphatic heterocycles. The van der Waals surface area contributed by atoms with Crippen molar-refractivity contribution in [1.29, 1.82) is 0 Å². The van der Waals surface area contributed by atoms with Crippen molar-refractivity contribution in [3.63, 3.8) is 0 Å². The van der Waals surface area contributed by atoms with Crippen LogP contribution in [0.25, 0.3) is 10.2 Å². The third-order valence-corrected chi connectivity index (χ3v) is 5.21. The molecule has 0 aliphatic carbocycles. The Morgan fingerprint density at radius 3 is 3.05 bits per heavy atom. The Morgan fingerprint density at radius 1 is 1.62 bits per heavy atom. The van der Waals surface area contributed by atoms with Gasteiger partial charge in [-0.05, 0) is 19.4 Å². The topological polar surface area (TPSA) is 103 Å². The van der Waals surface area contributed by atoms with Gasteiger partial charge in [-0.2, -0.15) is 0 Å². The first-order valence-corrected chi connectivity index (χ1v) is 7.64. The van der Waals surface area contributed by atoms with E-state index in [0.29, 0.717) is 17.2 Å². The molecule has 112 valence electrons. The van der Waals surface area contributed by atoms with Gasteiger partial charge in [0.05, 0.1) is 23.6 Å². The molecule has 7 heteroatoms. The number of carbonyl (C=O) groups excluding carboxylic acids is 1. The highest BCUT2D eigenvalue weighted by Gasteiger charge is 2.31. The largest absolute Gasteiger partial charge is 0.397 e. The molecule has 1 amide bonds. The maximum absolute atomic E-state index is 11.7. The lowest BCUT2D eigenvalue weighted by Gasteiger charge is -2.33. The van der Waals surface area contributed by atoms with E-state index in [2.05, 4.69) is 19.3 Å². The number of hydrazine groups is 1. The first kappa shape index (κ1) is 14.2. The van der Waals surface area contributed by atoms with Crippen LogP contribution in [0.5, 0.6) is 0 Å². The number of pyridine rings is 1. The fourth-order valence-electron chi connectivity index (χ4n) is 2.52. The average Bonchev–Trinajstić information content (AvgIpc) is 2.81. The van der Waals surface area contributed by atoms with Gasteiger partial charge in [0.15, 0.2) is 0 Å². The quantitative estimate of drug-likeness (QED) is 0.445. The molecule has 3 rings (SSSR count). The lowest BCUT2D eigenvalue weighted by molar-refractivity contribution is -0.0573. The number of nitrogen functional groups attached to an aromatic ring is 2. The minimum atomic E-state index is -0.386. The number of nitrogens with two attached hydrogens (primary N) is 2. The van der Waals surface area contributed by atoms with Gasteiger partial charge >= 0.3 is 0 Å². The van der Waals surface area contributed by atoms with Gasteiger partial charge in [-0.15, -0.1) is 11.3 Å². The lowest BCUT2D eigenvalue weighted by atomic mass is 9.91. The number of carbonyl (C=O) groups is 1. The van der Waals surface area contributed by atoms with Crippen LogP contribution in [0, 0.1) is 0 Å². The summed E-state index contributed by atoms with van der Waals surface area (Å²) in [5.41, 5.74) is 10.5. The van der Waals surface area contributed by atoms with E-state index in [1.54, 1.807) is 0 Å². The van der Waals surface area contributed by atoms with Gasteiger partial charge in [0.2, 0.25) is 0 Å². The van der Waals surface area contributed by atoms with Crippen LogP contribution in [0.4, 0.5) is 5.69 Å². The van der Waals surface area contributed by atoms with Crippen LogP contribution >= 0.6 is 11.3 Å². The Bertz CT molecular complexity index is 727. The third kappa shape index (κ3) is 2.27. The van der Waals surface area contributed by atoms with Gasteiger partial charge in [-0.3, -0.25) is 10.2 Å². The summed E-state index contributed by atoms with van der Waals surface area (Å²) in [5.74, 6) is 4.80. The monoisotopic (exact) mass is 306 g/mol. The number of ether oxygens (including phenoxy) is 1. The second kappa shape index (κ2) is 4.94. The minimum Gasteiger partial charge on any atom is -0.397 e. The number of hydrogen-bond donors (Lipinski definition) is 3. The summed E-state index contributed by atoms with van der Waals surface area (Å²) in [5, 5.41) is 0.793. The molecular weight excluding hydrogens is 288 g/mol. The molecule has 3 heterocycles. The smallest absolute Gasteiger partial charge is 0.277 e. The van der Waals surface area contributed by atoms with Crippen LogP contribution in [-0.2, 0) is 17.8 Å². The summed E-state index contributed by atoms with van der Waals surface area (Å²) in [6, 6.07) is 1.98. The second-order valence-electron chi connectivity index (χ2n) is 5.53. The van der Waals surface area contributed by atoms with E-state index in [1.807, 2.05) is 6.07 Å². The molecule has 0 saturated heterocycles. The highest BCUT2D eigenvalue weighted by molar-refractivity contribution is 7.21. The Morgan fingerprint density at radius 2 is 2.38 bits per heavy atom. The van der Waals surface area contributed by atoms with Crippen molar-refractivity contribution in [2.24, 2.45) is 5.84 Å². The Balaban J connectivity index is 2.11. The molecule has 2 aromatic rings. The predicted molar refractivity (Wildman–Crippen MR) is 82.9 cm³/mol. The van der Waals surface area contributed by atoms with Gasteiger partial charge in [0, 0.05) is 17.4 Å². The SMILES string of the molecule is CCC1(C)Cc2nc3sc(C(=O)NN)c(N)c3cc2CO1. The summed E-state index contributed by atoms with van der Waals surface area (Å²) in [6.07, 6.45) is 1.70. The van der Waals surface area contributed by atoms with Crippen LogP contribution in [0.3, 0.4) is 0 Å². The minimum absolute atomic E-state index is 0.173. The van der Waals surface area contributed by atoms with Crippen LogP contribution in [0.1, 0.15) is 41.2 Å². The zero-order valence-corrected chi connectivity index (χ0v) is 12.8. The molecule has 1 unspecified atom stereocenters. The van der Waals surface area contributed by atoms with E-state index in [0.717, 1.165) is 34.3 Å². The molecule has 0 bridgehead atoms. The first-order chi connectivity index (χ1) is 9.97. The summed E-state index contributed by atoms with van der Waals surface area (Å²) in [6.45, 7) is 4.73. The molecule has 2 aromatic heterocycles. The van der Waals surface area contributed by atoms with Crippen molar-refractivity contribution >= 4 is 33.1 Å². The molecule has 6 nitrogen and oxygen atoms in total. The van der Waals surface area contributed by atoms with Crippen molar-refractivity contribution in [1.82, 2.24) is 10.4 Å². The Hall–Kier alpha value is -1.70. The number of thiophene rings is 1. The number of fused-ring (bicyclic) bond motifs is 2. The number of anilines is 1. The van der Waals surface area contributed by atoms with Crippen LogP contribution in [0.2, 0.25) is 0 Å². The second-order valence-corrected chi connectivity index (χ2v) is 6.53. The normalized spacial score (nSPS) is 21.3. The number of rotatable bonds is 2. The van der Waals surface area contributed by atoms with Crippen molar-refractivity contribution < 1.29 is 9.53 Å². The average molecular weight is 306 g/mol. The summed E-state index contributed by atoms with van der Waals surface area (Å²) in [7, 11) is 0. The number of amides is 1. The highest BCUT2D eigenvalue weighted by Crippen LogP contribution is 2.37. The molecule has 1 aliphatic rings. The fourth-order valence-corrected chi connectivity index (χ4v) is 3.51. The van der Waals surface area contributed by atoms with E-state index in [9.17, 15) is 4.79 Å². The third-order valence-electron chi connectivity index (χ3n) is 4.09. The van der Waals surface area contributed by atoms with E-state index >= 15 is 0 Å². The summed E-state index contributed by atoms with van der Waals surface area (Å²) < 4.78 is 5.93. The van der Waals surface area contributed by atoms with Crippen molar-refractivity contribution in [3.8, 4) is 0 Å². The first-order valence-electron chi connectivity index (χ1n) is 6.83. The zero-order chi connectivity index (χ0) is 15.2. The highest BCUT2D eigenvalue weighted by atomic mass is 32.1. The molecule has 21 heavy (non-hydrogen) atoms. The van der Waals surface area contributed by atoms with Crippen molar-refractivity contribution in [2.75, 3.05) is 5.73 Å². The van der Waals surface area contributed by atoms with Crippen LogP contribution in [0.15, 0.2) is 6.07 Å². The molecule has 0 fully saturated rings. The lowest BCUT2D eigenvalue weighted by Crippen LogP contribution is -2.35. The molecule has 0 aromatic carbocycles. The van der Waals surface area contributed by atoms with Crippen molar-refractivity contribution in [3.05, 3.63) is 22.2 Å². The predicted octanol–water partition coefficient (Wildman–Crippen LogP) is 1.72. The standard InChI is InChI=1S/C14H18N4O2S/c1-3-14(2)5-9-7(6-20-14)4-8-10(15)11(12(19)18-16)21-13(8)17-9/h4H,3,5-6,15-16H2,1-2H3,(H,18,19). The van der Waals surface area contributed by atoms with Crippen LogP contribution in [-0.4, -0.2) is 16.5 Å². The number of aromatic nitrogens is 1. The van der Waals surface area contributed by atoms with Gasteiger partial charge in [0.25, 0.3) is 5.91 Å². The van der Waals surface area contributed by atoms with E-state index in [4.69, 9.17) is 21.3 Å². The van der Waals surface area contributed by atoms with Gasteiger partial charge in [0.1, 0.15) is 9.71 Å². The maximum atomic E-state index is 11.7. The zero-order valence-electron chi connectivity index (χ0n) is 12.0. The molecule has 0 radical (unpaired) electrons.